The van der Waals surface area contributed by atoms with E-state index < -0.39 is 0 Å². The summed E-state index contributed by atoms with van der Waals surface area (Å²) in [6, 6.07) is 14.2. The third-order valence-electron chi connectivity index (χ3n) is 3.52. The third-order valence-corrected chi connectivity index (χ3v) is 3.79. The lowest BCUT2D eigenvalue weighted by molar-refractivity contribution is 0.503. The molecule has 0 saturated heterocycles. The monoisotopic (exact) mass is 300 g/mol. The molecule has 0 amide bonds. The minimum absolute atomic E-state index is 0.413. The van der Waals surface area contributed by atoms with Crippen LogP contribution in [0.2, 0.25) is 0 Å². The topological polar surface area (TPSA) is 29.3 Å². The van der Waals surface area contributed by atoms with E-state index in [0.29, 0.717) is 12.4 Å². The Morgan fingerprint density at radius 2 is 2.05 bits per heavy atom. The molecule has 0 aliphatic carbocycles. The number of hydrogen-bond donors (Lipinski definition) is 0. The Labute approximate surface area is 129 Å². The molecule has 0 spiro atoms. The highest BCUT2D eigenvalue weighted by atomic mass is 35.5. The van der Waals surface area contributed by atoms with Gasteiger partial charge in [0.05, 0.1) is 24.4 Å². The molecule has 0 aliphatic heterocycles. The van der Waals surface area contributed by atoms with Crippen LogP contribution < -0.4 is 4.90 Å². The molecule has 4 heteroatoms. The van der Waals surface area contributed by atoms with Crippen LogP contribution >= 0.6 is 11.6 Å². The second kappa shape index (κ2) is 6.19. The first-order valence-corrected chi connectivity index (χ1v) is 7.57. The Morgan fingerprint density at radius 3 is 2.76 bits per heavy atom. The van der Waals surface area contributed by atoms with E-state index in [1.54, 1.807) is 6.26 Å². The summed E-state index contributed by atoms with van der Waals surface area (Å²) in [4.78, 5) is 6.93. The number of alkyl halides is 1. The zero-order valence-corrected chi connectivity index (χ0v) is 12.7. The summed E-state index contributed by atoms with van der Waals surface area (Å²) in [5.74, 6) is 2.30. The molecule has 21 heavy (non-hydrogen) atoms. The molecule has 2 heterocycles. The summed E-state index contributed by atoms with van der Waals surface area (Å²) in [6.45, 7) is 3.67. The predicted molar refractivity (Wildman–Crippen MR) is 86.7 cm³/mol. The fraction of sp³-hybridized carbons (Fsp3) is 0.235. The van der Waals surface area contributed by atoms with Gasteiger partial charge >= 0.3 is 0 Å². The van der Waals surface area contributed by atoms with Crippen molar-refractivity contribution in [3.63, 3.8) is 0 Å². The van der Waals surface area contributed by atoms with Crippen molar-refractivity contribution in [1.29, 1.82) is 0 Å². The zero-order chi connectivity index (χ0) is 14.7. The molecule has 0 saturated carbocycles. The molecule has 1 aromatic carbocycles. The molecule has 0 atom stereocenters. The molecule has 2 aromatic heterocycles. The van der Waals surface area contributed by atoms with Gasteiger partial charge in [-0.2, -0.15) is 0 Å². The first-order valence-electron chi connectivity index (χ1n) is 7.03. The van der Waals surface area contributed by atoms with Gasteiger partial charge in [-0.05, 0) is 30.5 Å². The number of benzene rings is 1. The third kappa shape index (κ3) is 2.88. The van der Waals surface area contributed by atoms with Gasteiger partial charge in [0.2, 0.25) is 0 Å². The van der Waals surface area contributed by atoms with Gasteiger partial charge in [-0.1, -0.05) is 24.3 Å². The summed E-state index contributed by atoms with van der Waals surface area (Å²) < 4.78 is 5.46. The maximum absolute atomic E-state index is 5.99. The maximum Gasteiger partial charge on any atom is 0.137 e. The average Bonchev–Trinajstić information content (AvgIpc) is 3.04. The van der Waals surface area contributed by atoms with Crippen molar-refractivity contribution >= 4 is 28.2 Å². The van der Waals surface area contributed by atoms with E-state index in [0.717, 1.165) is 34.6 Å². The first-order chi connectivity index (χ1) is 10.3. The zero-order valence-electron chi connectivity index (χ0n) is 11.9. The van der Waals surface area contributed by atoms with Crippen molar-refractivity contribution in [1.82, 2.24) is 4.98 Å². The number of aromatic nitrogens is 1. The lowest BCUT2D eigenvalue weighted by Crippen LogP contribution is -2.23. The lowest BCUT2D eigenvalue weighted by Gasteiger charge is -2.23. The number of fused-ring (bicyclic) bond motifs is 1. The Hall–Kier alpha value is -2.00. The summed E-state index contributed by atoms with van der Waals surface area (Å²) in [5.41, 5.74) is 0.892. The van der Waals surface area contributed by atoms with Gasteiger partial charge in [-0.3, -0.25) is 0 Å². The minimum atomic E-state index is 0.413. The molecule has 0 radical (unpaired) electrons. The highest BCUT2D eigenvalue weighted by Gasteiger charge is 2.13. The number of nitrogens with zero attached hydrogens (tertiary/aromatic N) is 2. The first kappa shape index (κ1) is 14.0. The van der Waals surface area contributed by atoms with E-state index in [1.165, 1.54) is 0 Å². The van der Waals surface area contributed by atoms with Crippen LogP contribution in [0.1, 0.15) is 18.4 Å². The summed E-state index contributed by atoms with van der Waals surface area (Å²) in [7, 11) is 0. The normalized spacial score (nSPS) is 11.0. The van der Waals surface area contributed by atoms with E-state index >= 15 is 0 Å². The van der Waals surface area contributed by atoms with Gasteiger partial charge in [0.25, 0.3) is 0 Å². The average molecular weight is 301 g/mol. The van der Waals surface area contributed by atoms with Crippen LogP contribution in [0, 0.1) is 0 Å². The Morgan fingerprint density at radius 1 is 1.19 bits per heavy atom. The number of anilines is 1. The van der Waals surface area contributed by atoms with Crippen molar-refractivity contribution in [2.24, 2.45) is 0 Å². The van der Waals surface area contributed by atoms with Gasteiger partial charge in [0.1, 0.15) is 11.6 Å². The highest BCUT2D eigenvalue weighted by molar-refractivity contribution is 6.17. The maximum atomic E-state index is 5.99. The van der Waals surface area contributed by atoms with Crippen molar-refractivity contribution in [2.75, 3.05) is 11.4 Å². The molecule has 0 N–H and O–H groups in total. The van der Waals surface area contributed by atoms with Crippen LogP contribution in [0.5, 0.6) is 0 Å². The molecule has 0 bridgehead atoms. The second-order valence-corrected chi connectivity index (χ2v) is 5.15. The van der Waals surface area contributed by atoms with Gasteiger partial charge in [-0.25, -0.2) is 4.98 Å². The summed E-state index contributed by atoms with van der Waals surface area (Å²) in [6.07, 6.45) is 1.70. The molecular formula is C17H17ClN2O. The molecule has 3 nitrogen and oxygen atoms in total. The molecule has 0 aliphatic rings. The van der Waals surface area contributed by atoms with Crippen LogP contribution in [0.4, 0.5) is 5.82 Å². The number of rotatable bonds is 5. The summed E-state index contributed by atoms with van der Waals surface area (Å²) >= 11 is 5.99. The van der Waals surface area contributed by atoms with Crippen molar-refractivity contribution in [2.45, 2.75) is 19.3 Å². The Balaban J connectivity index is 2.07. The van der Waals surface area contributed by atoms with Crippen molar-refractivity contribution < 1.29 is 4.42 Å². The van der Waals surface area contributed by atoms with E-state index in [1.807, 2.05) is 30.3 Å². The standard InChI is InChI=1S/C17H17ClN2O/c1-2-20(12-15-7-5-9-21-15)17-16-8-4-3-6-13(16)10-14(11-18)19-17/h3-10H,2,11-12H2,1H3. The predicted octanol–water partition coefficient (Wildman–Crippen LogP) is 4.59. The quantitative estimate of drug-likeness (QED) is 0.645. The van der Waals surface area contributed by atoms with Crippen LogP contribution in [-0.4, -0.2) is 11.5 Å². The fourth-order valence-corrected chi connectivity index (χ4v) is 2.61. The largest absolute Gasteiger partial charge is 0.467 e. The number of pyridine rings is 1. The van der Waals surface area contributed by atoms with Crippen LogP contribution in [0.25, 0.3) is 10.8 Å². The van der Waals surface area contributed by atoms with E-state index in [2.05, 4.69) is 24.0 Å². The smallest absolute Gasteiger partial charge is 0.137 e. The van der Waals surface area contributed by atoms with Gasteiger partial charge in [0.15, 0.2) is 0 Å². The summed E-state index contributed by atoms with van der Waals surface area (Å²) in [5, 5.41) is 2.30. The molecule has 3 aromatic rings. The van der Waals surface area contributed by atoms with E-state index in [4.69, 9.17) is 21.0 Å². The number of hydrogen-bond acceptors (Lipinski definition) is 3. The SMILES string of the molecule is CCN(Cc1ccco1)c1nc(CCl)cc2ccccc12. The van der Waals surface area contributed by atoms with Crippen LogP contribution in [-0.2, 0) is 12.4 Å². The van der Waals surface area contributed by atoms with Crippen molar-refractivity contribution in [3.05, 3.63) is 60.2 Å². The van der Waals surface area contributed by atoms with Gasteiger partial charge in [-0.15, -0.1) is 11.6 Å². The van der Waals surface area contributed by atoms with Gasteiger partial charge < -0.3 is 9.32 Å². The fourth-order valence-electron chi connectivity index (χ4n) is 2.47. The second-order valence-electron chi connectivity index (χ2n) is 4.89. The van der Waals surface area contributed by atoms with Gasteiger partial charge in [0, 0.05) is 11.9 Å². The molecule has 108 valence electrons. The van der Waals surface area contributed by atoms with E-state index in [9.17, 15) is 0 Å². The molecule has 0 fully saturated rings. The highest BCUT2D eigenvalue weighted by Crippen LogP contribution is 2.27. The Bertz CT molecular complexity index is 725. The number of furan rings is 1. The molecule has 0 unspecified atom stereocenters. The van der Waals surface area contributed by atoms with E-state index in [-0.39, 0.29) is 0 Å². The molecular weight excluding hydrogens is 284 g/mol. The number of halogens is 1. The lowest BCUT2D eigenvalue weighted by atomic mass is 10.1. The van der Waals surface area contributed by atoms with Crippen molar-refractivity contribution in [3.8, 4) is 0 Å². The van der Waals surface area contributed by atoms with Crippen LogP contribution in [0.3, 0.4) is 0 Å². The molecule has 3 rings (SSSR count). The Kier molecular flexibility index (Phi) is 4.11. The van der Waals surface area contributed by atoms with Crippen LogP contribution in [0.15, 0.2) is 53.1 Å². The minimum Gasteiger partial charge on any atom is -0.467 e.